The largest absolute Gasteiger partial charge is 0.312 e. The SMILES string of the molecule is C=CCN(C(=O)c1ccc(N2CCCCC2=O)cc1)c1ccccc1. The van der Waals surface area contributed by atoms with Crippen molar-refractivity contribution in [2.24, 2.45) is 0 Å². The number of para-hydroxylation sites is 1. The summed E-state index contributed by atoms with van der Waals surface area (Å²) in [6.45, 7) is 4.94. The smallest absolute Gasteiger partial charge is 0.258 e. The third-order valence-electron chi connectivity index (χ3n) is 4.37. The predicted octanol–water partition coefficient (Wildman–Crippen LogP) is 4.04. The standard InChI is InChI=1S/C21H22N2O2/c1-2-15-23(18-8-4-3-5-9-18)21(25)17-11-13-19(14-12-17)22-16-7-6-10-20(22)24/h2-5,8-9,11-14H,1,6-7,10,15-16H2. The van der Waals surface area contributed by atoms with Gasteiger partial charge >= 0.3 is 0 Å². The molecule has 0 N–H and O–H groups in total. The van der Waals surface area contributed by atoms with Crippen LogP contribution in [-0.4, -0.2) is 24.9 Å². The summed E-state index contributed by atoms with van der Waals surface area (Å²) in [5.41, 5.74) is 2.29. The van der Waals surface area contributed by atoms with Gasteiger partial charge in [0.05, 0.1) is 0 Å². The molecular formula is C21H22N2O2. The number of carbonyl (C=O) groups is 2. The normalized spacial score (nSPS) is 14.2. The number of piperidine rings is 1. The summed E-state index contributed by atoms with van der Waals surface area (Å²) in [4.78, 5) is 28.4. The fourth-order valence-electron chi connectivity index (χ4n) is 3.06. The Morgan fingerprint density at radius 2 is 1.80 bits per heavy atom. The Morgan fingerprint density at radius 1 is 1.08 bits per heavy atom. The molecule has 3 rings (SSSR count). The molecule has 128 valence electrons. The second kappa shape index (κ2) is 7.79. The highest BCUT2D eigenvalue weighted by Gasteiger charge is 2.21. The molecule has 1 aliphatic rings. The highest BCUT2D eigenvalue weighted by Crippen LogP contribution is 2.23. The first-order valence-electron chi connectivity index (χ1n) is 8.59. The van der Waals surface area contributed by atoms with Crippen LogP contribution in [0, 0.1) is 0 Å². The quantitative estimate of drug-likeness (QED) is 0.774. The summed E-state index contributed by atoms with van der Waals surface area (Å²) in [5, 5.41) is 0. The van der Waals surface area contributed by atoms with Gasteiger partial charge < -0.3 is 9.80 Å². The van der Waals surface area contributed by atoms with Gasteiger partial charge in [0.25, 0.3) is 5.91 Å². The van der Waals surface area contributed by atoms with E-state index in [2.05, 4.69) is 6.58 Å². The fraction of sp³-hybridized carbons (Fsp3) is 0.238. The van der Waals surface area contributed by atoms with Crippen molar-refractivity contribution in [2.45, 2.75) is 19.3 Å². The Kier molecular flexibility index (Phi) is 5.29. The molecule has 2 amide bonds. The number of anilines is 2. The summed E-state index contributed by atoms with van der Waals surface area (Å²) in [5.74, 6) is 0.0746. The summed E-state index contributed by atoms with van der Waals surface area (Å²) in [6.07, 6.45) is 4.29. The van der Waals surface area contributed by atoms with Crippen LogP contribution in [0.4, 0.5) is 11.4 Å². The van der Waals surface area contributed by atoms with Crippen LogP contribution in [0.1, 0.15) is 29.6 Å². The van der Waals surface area contributed by atoms with Crippen molar-refractivity contribution in [3.63, 3.8) is 0 Å². The molecule has 0 radical (unpaired) electrons. The molecule has 1 saturated heterocycles. The van der Waals surface area contributed by atoms with Crippen LogP contribution in [0.3, 0.4) is 0 Å². The lowest BCUT2D eigenvalue weighted by Gasteiger charge is -2.27. The molecule has 2 aromatic rings. The second-order valence-electron chi connectivity index (χ2n) is 6.09. The van der Waals surface area contributed by atoms with Crippen LogP contribution in [0.5, 0.6) is 0 Å². The van der Waals surface area contributed by atoms with E-state index in [-0.39, 0.29) is 11.8 Å². The van der Waals surface area contributed by atoms with Gasteiger partial charge in [-0.2, -0.15) is 0 Å². The lowest BCUT2D eigenvalue weighted by Crippen LogP contribution is -2.35. The lowest BCUT2D eigenvalue weighted by molar-refractivity contribution is -0.119. The summed E-state index contributed by atoms with van der Waals surface area (Å²) in [6, 6.07) is 16.8. The van der Waals surface area contributed by atoms with E-state index >= 15 is 0 Å². The van der Waals surface area contributed by atoms with Gasteiger partial charge in [-0.3, -0.25) is 9.59 Å². The van der Waals surface area contributed by atoms with E-state index in [0.29, 0.717) is 18.5 Å². The van der Waals surface area contributed by atoms with E-state index in [9.17, 15) is 9.59 Å². The molecule has 0 spiro atoms. The Labute approximate surface area is 148 Å². The number of amides is 2. The highest BCUT2D eigenvalue weighted by molar-refractivity contribution is 6.06. The maximum absolute atomic E-state index is 12.9. The number of benzene rings is 2. The Morgan fingerprint density at radius 3 is 2.44 bits per heavy atom. The highest BCUT2D eigenvalue weighted by atomic mass is 16.2. The minimum absolute atomic E-state index is 0.0809. The van der Waals surface area contributed by atoms with Crippen LogP contribution in [-0.2, 0) is 4.79 Å². The van der Waals surface area contributed by atoms with Crippen molar-refractivity contribution < 1.29 is 9.59 Å². The third-order valence-corrected chi connectivity index (χ3v) is 4.37. The van der Waals surface area contributed by atoms with Gasteiger partial charge in [-0.05, 0) is 49.2 Å². The molecule has 0 atom stereocenters. The first-order valence-corrected chi connectivity index (χ1v) is 8.59. The molecule has 1 aliphatic heterocycles. The minimum atomic E-state index is -0.0809. The molecule has 0 aromatic heterocycles. The zero-order chi connectivity index (χ0) is 17.6. The first kappa shape index (κ1) is 17.0. The zero-order valence-electron chi connectivity index (χ0n) is 14.2. The molecule has 25 heavy (non-hydrogen) atoms. The topological polar surface area (TPSA) is 40.6 Å². The van der Waals surface area contributed by atoms with Crippen molar-refractivity contribution in [1.29, 1.82) is 0 Å². The molecule has 1 fully saturated rings. The predicted molar refractivity (Wildman–Crippen MR) is 101 cm³/mol. The number of carbonyl (C=O) groups excluding carboxylic acids is 2. The van der Waals surface area contributed by atoms with Crippen molar-refractivity contribution in [1.82, 2.24) is 0 Å². The van der Waals surface area contributed by atoms with E-state index in [1.54, 1.807) is 28.0 Å². The van der Waals surface area contributed by atoms with Gasteiger partial charge in [-0.25, -0.2) is 0 Å². The van der Waals surface area contributed by atoms with E-state index in [1.165, 1.54) is 0 Å². The molecular weight excluding hydrogens is 312 g/mol. The third kappa shape index (κ3) is 3.79. The number of hydrogen-bond donors (Lipinski definition) is 0. The molecule has 4 heteroatoms. The van der Waals surface area contributed by atoms with Crippen molar-refractivity contribution in [3.05, 3.63) is 72.8 Å². The Bertz CT molecular complexity index is 753. The number of nitrogens with zero attached hydrogens (tertiary/aromatic N) is 2. The fourth-order valence-corrected chi connectivity index (χ4v) is 3.06. The number of rotatable bonds is 5. The molecule has 1 heterocycles. The average Bonchev–Trinajstić information content (AvgIpc) is 2.67. The maximum atomic E-state index is 12.9. The van der Waals surface area contributed by atoms with Crippen LogP contribution in [0.15, 0.2) is 67.3 Å². The van der Waals surface area contributed by atoms with Gasteiger partial charge in [-0.1, -0.05) is 24.3 Å². The molecule has 0 unspecified atom stereocenters. The summed E-state index contributed by atoms with van der Waals surface area (Å²) >= 11 is 0. The van der Waals surface area contributed by atoms with Gasteiger partial charge in [-0.15, -0.1) is 6.58 Å². The van der Waals surface area contributed by atoms with Gasteiger partial charge in [0.15, 0.2) is 0 Å². The van der Waals surface area contributed by atoms with Gasteiger partial charge in [0.1, 0.15) is 0 Å². The van der Waals surface area contributed by atoms with Crippen molar-refractivity contribution >= 4 is 23.2 Å². The van der Waals surface area contributed by atoms with Crippen LogP contribution in [0.25, 0.3) is 0 Å². The zero-order valence-corrected chi connectivity index (χ0v) is 14.2. The van der Waals surface area contributed by atoms with Gasteiger partial charge in [0.2, 0.25) is 5.91 Å². The van der Waals surface area contributed by atoms with Crippen molar-refractivity contribution in [3.8, 4) is 0 Å². The molecule has 0 saturated carbocycles. The summed E-state index contributed by atoms with van der Waals surface area (Å²) < 4.78 is 0. The Balaban J connectivity index is 1.81. The van der Waals surface area contributed by atoms with Crippen molar-refractivity contribution in [2.75, 3.05) is 22.9 Å². The monoisotopic (exact) mass is 334 g/mol. The Hall–Kier alpha value is -2.88. The van der Waals surface area contributed by atoms with Crippen LogP contribution >= 0.6 is 0 Å². The molecule has 4 nitrogen and oxygen atoms in total. The lowest BCUT2D eigenvalue weighted by atomic mass is 10.1. The second-order valence-corrected chi connectivity index (χ2v) is 6.09. The van der Waals surface area contributed by atoms with E-state index in [1.807, 2.05) is 42.5 Å². The van der Waals surface area contributed by atoms with E-state index < -0.39 is 0 Å². The van der Waals surface area contributed by atoms with E-state index in [0.717, 1.165) is 30.8 Å². The van der Waals surface area contributed by atoms with E-state index in [4.69, 9.17) is 0 Å². The van der Waals surface area contributed by atoms with Gasteiger partial charge in [0, 0.05) is 36.4 Å². The number of hydrogen-bond acceptors (Lipinski definition) is 2. The molecule has 0 bridgehead atoms. The van der Waals surface area contributed by atoms with Crippen LogP contribution in [0.2, 0.25) is 0 Å². The molecule has 0 aliphatic carbocycles. The first-order chi connectivity index (χ1) is 12.2. The molecule has 2 aromatic carbocycles. The maximum Gasteiger partial charge on any atom is 0.258 e. The summed E-state index contributed by atoms with van der Waals surface area (Å²) in [7, 11) is 0. The average molecular weight is 334 g/mol. The van der Waals surface area contributed by atoms with Crippen LogP contribution < -0.4 is 9.80 Å². The minimum Gasteiger partial charge on any atom is -0.312 e.